The summed E-state index contributed by atoms with van der Waals surface area (Å²) in [6, 6.07) is 10.4. The van der Waals surface area contributed by atoms with E-state index in [1.54, 1.807) is 0 Å². The summed E-state index contributed by atoms with van der Waals surface area (Å²) in [5.74, 6) is 1.74. The summed E-state index contributed by atoms with van der Waals surface area (Å²) in [6.45, 7) is 9.00. The van der Waals surface area contributed by atoms with Crippen LogP contribution in [0.3, 0.4) is 0 Å². The Kier molecular flexibility index (Phi) is 5.38. The standard InChI is InChI=1S/C19H26N4O2/c1-13-10-23(11-16-7-5-4-6-8-16)12-17(13)22-19(24)20-9-18-21-14(2)15(3)25-18/h4-8,13,17H,9-12H2,1-3H3,(H2,20,22,24)/t13-,17-/m0/s1. The van der Waals surface area contributed by atoms with Gasteiger partial charge in [-0.25, -0.2) is 9.78 Å². The Hall–Kier alpha value is -2.34. The Labute approximate surface area is 148 Å². The molecule has 2 N–H and O–H groups in total. The van der Waals surface area contributed by atoms with Crippen molar-refractivity contribution in [3.05, 3.63) is 53.2 Å². The maximum absolute atomic E-state index is 12.2. The van der Waals surface area contributed by atoms with E-state index in [-0.39, 0.29) is 12.1 Å². The molecule has 6 nitrogen and oxygen atoms in total. The Bertz CT molecular complexity index is 694. The molecule has 2 amide bonds. The van der Waals surface area contributed by atoms with Crippen LogP contribution in [0.4, 0.5) is 4.79 Å². The van der Waals surface area contributed by atoms with E-state index in [0.29, 0.717) is 18.4 Å². The first kappa shape index (κ1) is 17.5. The minimum absolute atomic E-state index is 0.150. The quantitative estimate of drug-likeness (QED) is 0.876. The van der Waals surface area contributed by atoms with Crippen LogP contribution >= 0.6 is 0 Å². The van der Waals surface area contributed by atoms with Crippen LogP contribution in [0.5, 0.6) is 0 Å². The lowest BCUT2D eigenvalue weighted by atomic mass is 10.1. The monoisotopic (exact) mass is 342 g/mol. The lowest BCUT2D eigenvalue weighted by molar-refractivity contribution is 0.233. The zero-order valence-corrected chi connectivity index (χ0v) is 15.1. The Morgan fingerprint density at radius 3 is 2.72 bits per heavy atom. The molecule has 134 valence electrons. The molecular weight excluding hydrogens is 316 g/mol. The average Bonchev–Trinajstić information content (AvgIpc) is 3.08. The second-order valence-electron chi connectivity index (χ2n) is 6.84. The van der Waals surface area contributed by atoms with E-state index in [1.807, 2.05) is 19.9 Å². The molecule has 1 aliphatic heterocycles. The number of aromatic nitrogens is 1. The largest absolute Gasteiger partial charge is 0.444 e. The summed E-state index contributed by atoms with van der Waals surface area (Å²) in [6.07, 6.45) is 0. The highest BCUT2D eigenvalue weighted by atomic mass is 16.4. The number of amides is 2. The summed E-state index contributed by atoms with van der Waals surface area (Å²) in [4.78, 5) is 18.8. The summed E-state index contributed by atoms with van der Waals surface area (Å²) in [5.41, 5.74) is 2.16. The van der Waals surface area contributed by atoms with Crippen LogP contribution in [0.1, 0.15) is 29.8 Å². The minimum atomic E-state index is -0.174. The van der Waals surface area contributed by atoms with Gasteiger partial charge in [0, 0.05) is 25.7 Å². The molecule has 3 rings (SSSR count). The van der Waals surface area contributed by atoms with Crippen LogP contribution in [-0.2, 0) is 13.1 Å². The van der Waals surface area contributed by atoms with Crippen LogP contribution in [0.2, 0.25) is 0 Å². The molecule has 0 radical (unpaired) electrons. The number of benzene rings is 1. The van der Waals surface area contributed by atoms with E-state index < -0.39 is 0 Å². The molecule has 2 atom stereocenters. The number of likely N-dealkylation sites (tertiary alicyclic amines) is 1. The van der Waals surface area contributed by atoms with Crippen LogP contribution in [-0.4, -0.2) is 35.0 Å². The van der Waals surface area contributed by atoms with Crippen molar-refractivity contribution in [3.8, 4) is 0 Å². The summed E-state index contributed by atoms with van der Waals surface area (Å²) in [7, 11) is 0. The van der Waals surface area contributed by atoms with Crippen molar-refractivity contribution in [2.24, 2.45) is 5.92 Å². The molecular formula is C19H26N4O2. The van der Waals surface area contributed by atoms with Crippen molar-refractivity contribution < 1.29 is 9.21 Å². The van der Waals surface area contributed by atoms with Crippen LogP contribution in [0.25, 0.3) is 0 Å². The highest BCUT2D eigenvalue weighted by molar-refractivity contribution is 5.74. The number of nitrogens with zero attached hydrogens (tertiary/aromatic N) is 2. The molecule has 25 heavy (non-hydrogen) atoms. The van der Waals surface area contributed by atoms with Gasteiger partial charge in [-0.1, -0.05) is 37.3 Å². The molecule has 2 aromatic rings. The number of carbonyl (C=O) groups excluding carboxylic acids is 1. The van der Waals surface area contributed by atoms with Gasteiger partial charge < -0.3 is 15.1 Å². The zero-order valence-electron chi connectivity index (χ0n) is 15.1. The Morgan fingerprint density at radius 1 is 1.28 bits per heavy atom. The number of hydrogen-bond acceptors (Lipinski definition) is 4. The molecule has 1 saturated heterocycles. The van der Waals surface area contributed by atoms with E-state index >= 15 is 0 Å². The van der Waals surface area contributed by atoms with Gasteiger partial charge in [-0.2, -0.15) is 0 Å². The number of hydrogen-bond donors (Lipinski definition) is 2. The van der Waals surface area contributed by atoms with E-state index in [0.717, 1.165) is 31.1 Å². The molecule has 0 spiro atoms. The van der Waals surface area contributed by atoms with Gasteiger partial charge in [-0.05, 0) is 25.3 Å². The first-order chi connectivity index (χ1) is 12.0. The van der Waals surface area contributed by atoms with Gasteiger partial charge in [0.15, 0.2) is 0 Å². The van der Waals surface area contributed by atoms with Crippen molar-refractivity contribution >= 4 is 6.03 Å². The molecule has 2 heterocycles. The minimum Gasteiger partial charge on any atom is -0.444 e. The van der Waals surface area contributed by atoms with E-state index in [9.17, 15) is 4.79 Å². The number of oxazole rings is 1. The second kappa shape index (κ2) is 7.70. The first-order valence-electron chi connectivity index (χ1n) is 8.75. The van der Waals surface area contributed by atoms with Gasteiger partial charge in [-0.3, -0.25) is 4.90 Å². The highest BCUT2D eigenvalue weighted by Crippen LogP contribution is 2.19. The molecule has 0 aliphatic carbocycles. The fraction of sp³-hybridized carbons (Fsp3) is 0.474. The predicted molar refractivity (Wildman–Crippen MR) is 96.0 cm³/mol. The van der Waals surface area contributed by atoms with Crippen LogP contribution in [0, 0.1) is 19.8 Å². The zero-order chi connectivity index (χ0) is 17.8. The molecule has 1 fully saturated rings. The van der Waals surface area contributed by atoms with Crippen LogP contribution < -0.4 is 10.6 Å². The van der Waals surface area contributed by atoms with Gasteiger partial charge in [0.1, 0.15) is 5.76 Å². The van der Waals surface area contributed by atoms with Gasteiger partial charge in [0.25, 0.3) is 0 Å². The van der Waals surface area contributed by atoms with Crippen molar-refractivity contribution in [3.63, 3.8) is 0 Å². The maximum Gasteiger partial charge on any atom is 0.315 e. The van der Waals surface area contributed by atoms with E-state index in [4.69, 9.17) is 4.42 Å². The van der Waals surface area contributed by atoms with Gasteiger partial charge in [0.05, 0.1) is 12.2 Å². The van der Waals surface area contributed by atoms with Gasteiger partial charge in [-0.15, -0.1) is 0 Å². The highest BCUT2D eigenvalue weighted by Gasteiger charge is 2.30. The topological polar surface area (TPSA) is 70.4 Å². The fourth-order valence-electron chi connectivity index (χ4n) is 3.22. The van der Waals surface area contributed by atoms with Gasteiger partial charge >= 0.3 is 6.03 Å². The van der Waals surface area contributed by atoms with Crippen molar-refractivity contribution in [1.82, 2.24) is 20.5 Å². The number of aryl methyl sites for hydroxylation is 2. The smallest absolute Gasteiger partial charge is 0.315 e. The molecule has 0 saturated carbocycles. The normalized spacial score (nSPS) is 20.6. The third-order valence-corrected chi connectivity index (χ3v) is 4.73. The molecule has 1 aliphatic rings. The van der Waals surface area contributed by atoms with Crippen molar-refractivity contribution in [2.75, 3.05) is 13.1 Å². The Balaban J connectivity index is 1.46. The van der Waals surface area contributed by atoms with Gasteiger partial charge in [0.2, 0.25) is 5.89 Å². The average molecular weight is 342 g/mol. The SMILES string of the molecule is Cc1nc(CNC(=O)N[C@H]2CN(Cc3ccccc3)C[C@@H]2C)oc1C. The van der Waals surface area contributed by atoms with Crippen LogP contribution in [0.15, 0.2) is 34.7 Å². The fourth-order valence-corrected chi connectivity index (χ4v) is 3.22. The molecule has 6 heteroatoms. The second-order valence-corrected chi connectivity index (χ2v) is 6.84. The van der Waals surface area contributed by atoms with Crippen molar-refractivity contribution in [1.29, 1.82) is 0 Å². The summed E-state index contributed by atoms with van der Waals surface area (Å²) in [5, 5.41) is 5.90. The lowest BCUT2D eigenvalue weighted by Gasteiger charge is -2.17. The van der Waals surface area contributed by atoms with E-state index in [1.165, 1.54) is 5.56 Å². The maximum atomic E-state index is 12.2. The first-order valence-corrected chi connectivity index (χ1v) is 8.75. The molecule has 1 aromatic carbocycles. The molecule has 1 aromatic heterocycles. The molecule has 0 unspecified atom stereocenters. The number of nitrogens with one attached hydrogen (secondary N) is 2. The van der Waals surface area contributed by atoms with E-state index in [2.05, 4.69) is 51.7 Å². The summed E-state index contributed by atoms with van der Waals surface area (Å²) < 4.78 is 5.48. The van der Waals surface area contributed by atoms with Crippen molar-refractivity contribution in [2.45, 2.75) is 39.9 Å². The Morgan fingerprint density at radius 2 is 2.04 bits per heavy atom. The number of carbonyl (C=O) groups is 1. The third-order valence-electron chi connectivity index (χ3n) is 4.73. The predicted octanol–water partition coefficient (Wildman–Crippen LogP) is 2.61. The summed E-state index contributed by atoms with van der Waals surface area (Å²) >= 11 is 0. The third kappa shape index (κ3) is 4.60. The number of rotatable bonds is 5. The lowest BCUT2D eigenvalue weighted by Crippen LogP contribution is -2.45. The number of urea groups is 1. The molecule has 0 bridgehead atoms.